The molecule has 3 N–H and O–H groups in total. The highest BCUT2D eigenvalue weighted by molar-refractivity contribution is 5.96. The summed E-state index contributed by atoms with van der Waals surface area (Å²) in [7, 11) is 0. The van der Waals surface area contributed by atoms with E-state index in [1.54, 1.807) is 41.5 Å². The first-order chi connectivity index (χ1) is 18.9. The number of rotatable bonds is 7. The first-order valence-electron chi connectivity index (χ1n) is 12.5. The van der Waals surface area contributed by atoms with Crippen LogP contribution in [0.1, 0.15) is 65.5 Å². The van der Waals surface area contributed by atoms with Gasteiger partial charge in [-0.25, -0.2) is 18.4 Å². The van der Waals surface area contributed by atoms with Crippen molar-refractivity contribution in [2.75, 3.05) is 11.9 Å². The van der Waals surface area contributed by atoms with E-state index in [-0.39, 0.29) is 18.5 Å². The van der Waals surface area contributed by atoms with Crippen molar-refractivity contribution in [3.63, 3.8) is 0 Å². The largest absolute Gasteiger partial charge is 0.444 e. The Morgan fingerprint density at radius 1 is 0.854 bits per heavy atom. The third-order valence-corrected chi connectivity index (χ3v) is 4.83. The summed E-state index contributed by atoms with van der Waals surface area (Å²) in [5.74, 6) is -3.23. The van der Waals surface area contributed by atoms with Gasteiger partial charge in [-0.2, -0.15) is 13.8 Å². The van der Waals surface area contributed by atoms with E-state index in [0.717, 1.165) is 0 Å². The van der Waals surface area contributed by atoms with Crippen molar-refractivity contribution in [3.8, 4) is 11.8 Å². The van der Waals surface area contributed by atoms with Crippen molar-refractivity contribution in [1.82, 2.24) is 15.6 Å². The van der Waals surface area contributed by atoms with Crippen LogP contribution in [0.5, 0.6) is 0 Å². The maximum absolute atomic E-state index is 13.8. The highest BCUT2D eigenvalue weighted by atomic mass is 19.2. The molecule has 41 heavy (non-hydrogen) atoms. The predicted octanol–water partition coefficient (Wildman–Crippen LogP) is 5.17. The van der Waals surface area contributed by atoms with Gasteiger partial charge >= 0.3 is 12.2 Å². The van der Waals surface area contributed by atoms with Crippen LogP contribution < -0.4 is 16.0 Å². The van der Waals surface area contributed by atoms with Crippen molar-refractivity contribution >= 4 is 23.8 Å². The number of nitrogens with one attached hydrogen (secondary N) is 3. The van der Waals surface area contributed by atoms with E-state index in [2.05, 4.69) is 26.9 Å². The number of benzene rings is 1. The zero-order valence-corrected chi connectivity index (χ0v) is 23.5. The number of ether oxygens (including phenoxy) is 2. The summed E-state index contributed by atoms with van der Waals surface area (Å²) in [5, 5.41) is 7.72. The van der Waals surface area contributed by atoms with Gasteiger partial charge < -0.3 is 25.4 Å². The molecular weight excluding hydrogens is 548 g/mol. The Kier molecular flexibility index (Phi) is 11.1. The van der Waals surface area contributed by atoms with E-state index in [9.17, 15) is 31.9 Å². The molecular formula is C28H32F4N4O5. The topological polar surface area (TPSA) is 119 Å². The van der Waals surface area contributed by atoms with Gasteiger partial charge in [-0.1, -0.05) is 11.8 Å². The number of anilines is 1. The van der Waals surface area contributed by atoms with Crippen molar-refractivity contribution in [1.29, 1.82) is 0 Å². The zero-order valence-electron chi connectivity index (χ0n) is 23.5. The Morgan fingerprint density at radius 2 is 1.39 bits per heavy atom. The minimum Gasteiger partial charge on any atom is -0.444 e. The number of pyridine rings is 1. The molecule has 1 aromatic heterocycles. The number of hydrogen-bond donors (Lipinski definition) is 3. The third kappa shape index (κ3) is 11.4. The average Bonchev–Trinajstić information content (AvgIpc) is 2.83. The lowest BCUT2D eigenvalue weighted by atomic mass is 10.1. The SMILES string of the molecule is CC(C)(C)OC(=O)NCCC[C@H](NC(=O)OC(C)(C)C)C(=O)Nc1ccc(C#Cc2c(F)c(F)nc(F)c2F)cc1. The molecule has 3 amide bonds. The Labute approximate surface area is 235 Å². The van der Waals surface area contributed by atoms with Gasteiger partial charge in [0, 0.05) is 17.8 Å². The minimum atomic E-state index is -1.82. The fourth-order valence-corrected chi connectivity index (χ4v) is 3.13. The van der Waals surface area contributed by atoms with Crippen LogP contribution in [0, 0.1) is 35.4 Å². The van der Waals surface area contributed by atoms with Crippen LogP contribution in [-0.4, -0.2) is 46.9 Å². The monoisotopic (exact) mass is 580 g/mol. The molecule has 2 aromatic rings. The number of nitrogens with zero attached hydrogens (tertiary/aromatic N) is 1. The molecule has 0 bridgehead atoms. The van der Waals surface area contributed by atoms with E-state index in [4.69, 9.17) is 9.47 Å². The maximum Gasteiger partial charge on any atom is 0.408 e. The Morgan fingerprint density at radius 3 is 1.93 bits per heavy atom. The van der Waals surface area contributed by atoms with Gasteiger partial charge in [0.25, 0.3) is 11.9 Å². The molecule has 222 valence electrons. The highest BCUT2D eigenvalue weighted by Gasteiger charge is 2.25. The van der Waals surface area contributed by atoms with Gasteiger partial charge in [-0.3, -0.25) is 4.79 Å². The molecule has 0 unspecified atom stereocenters. The van der Waals surface area contributed by atoms with E-state index < -0.39 is 64.4 Å². The highest BCUT2D eigenvalue weighted by Crippen LogP contribution is 2.17. The molecule has 9 nitrogen and oxygen atoms in total. The fraction of sp³-hybridized carbons (Fsp3) is 0.429. The van der Waals surface area contributed by atoms with Crippen LogP contribution in [0.25, 0.3) is 0 Å². The van der Waals surface area contributed by atoms with E-state index in [0.29, 0.717) is 12.1 Å². The molecule has 1 heterocycles. The molecule has 1 atom stereocenters. The number of alkyl carbamates (subject to hydrolysis) is 2. The second kappa shape index (κ2) is 13.8. The molecule has 2 rings (SSSR count). The summed E-state index contributed by atoms with van der Waals surface area (Å²) < 4.78 is 64.5. The normalized spacial score (nSPS) is 12.0. The number of amides is 3. The molecule has 0 aliphatic heterocycles. The second-order valence-electron chi connectivity index (χ2n) is 10.8. The predicted molar refractivity (Wildman–Crippen MR) is 142 cm³/mol. The molecule has 0 aliphatic carbocycles. The molecule has 0 saturated heterocycles. The number of halogens is 4. The summed E-state index contributed by atoms with van der Waals surface area (Å²) >= 11 is 0. The third-order valence-electron chi connectivity index (χ3n) is 4.83. The number of carbonyl (C=O) groups excluding carboxylic acids is 3. The van der Waals surface area contributed by atoms with Crippen molar-refractivity contribution in [2.24, 2.45) is 0 Å². The fourth-order valence-electron chi connectivity index (χ4n) is 3.13. The van der Waals surface area contributed by atoms with Gasteiger partial charge in [0.2, 0.25) is 5.91 Å². The maximum atomic E-state index is 13.8. The van der Waals surface area contributed by atoms with E-state index in [1.807, 2.05) is 5.92 Å². The Hall–Kier alpha value is -4.34. The quantitative estimate of drug-likeness (QED) is 0.180. The summed E-state index contributed by atoms with van der Waals surface area (Å²) in [5.41, 5.74) is -2.07. The number of hydrogen-bond acceptors (Lipinski definition) is 6. The van der Waals surface area contributed by atoms with E-state index in [1.165, 1.54) is 24.3 Å². The van der Waals surface area contributed by atoms with Crippen molar-refractivity contribution in [3.05, 3.63) is 58.9 Å². The van der Waals surface area contributed by atoms with Crippen molar-refractivity contribution in [2.45, 2.75) is 71.6 Å². The molecule has 0 fully saturated rings. The zero-order chi connectivity index (χ0) is 31.0. The molecule has 1 aromatic carbocycles. The smallest absolute Gasteiger partial charge is 0.408 e. The summed E-state index contributed by atoms with van der Waals surface area (Å²) in [6.07, 6.45) is -0.982. The summed E-state index contributed by atoms with van der Waals surface area (Å²) in [4.78, 5) is 39.6. The van der Waals surface area contributed by atoms with E-state index >= 15 is 0 Å². The lowest BCUT2D eigenvalue weighted by molar-refractivity contribution is -0.118. The summed E-state index contributed by atoms with van der Waals surface area (Å²) in [6, 6.07) is 4.61. The van der Waals surface area contributed by atoms with Crippen LogP contribution >= 0.6 is 0 Å². The van der Waals surface area contributed by atoms with Crippen molar-refractivity contribution < 1.29 is 41.4 Å². The Balaban J connectivity index is 2.09. The Bertz CT molecular complexity index is 1300. The lowest BCUT2D eigenvalue weighted by Gasteiger charge is -2.23. The summed E-state index contributed by atoms with van der Waals surface area (Å²) in [6.45, 7) is 10.3. The molecule has 0 spiro atoms. The van der Waals surface area contributed by atoms with Crippen LogP contribution in [0.3, 0.4) is 0 Å². The minimum absolute atomic E-state index is 0.139. The lowest BCUT2D eigenvalue weighted by Crippen LogP contribution is -2.46. The molecule has 0 saturated carbocycles. The molecule has 0 radical (unpaired) electrons. The van der Waals surface area contributed by atoms with Gasteiger partial charge in [0.05, 0.1) is 0 Å². The first-order valence-corrected chi connectivity index (χ1v) is 12.5. The van der Waals surface area contributed by atoms with Gasteiger partial charge in [0.15, 0.2) is 11.6 Å². The van der Waals surface area contributed by atoms with Crippen LogP contribution in [0.4, 0.5) is 32.8 Å². The van der Waals surface area contributed by atoms with Crippen LogP contribution in [0.2, 0.25) is 0 Å². The van der Waals surface area contributed by atoms with Crippen LogP contribution in [0.15, 0.2) is 24.3 Å². The van der Waals surface area contributed by atoms with Gasteiger partial charge in [-0.05, 0) is 78.6 Å². The number of carbonyl (C=O) groups is 3. The molecule has 0 aliphatic rings. The van der Waals surface area contributed by atoms with Crippen LogP contribution in [-0.2, 0) is 14.3 Å². The standard InChI is InChI=1S/C28H32F4N4O5/c1-27(2,3)40-25(38)33-15-7-8-19(35-26(39)41-28(4,5)6)24(37)34-17-12-9-16(10-13-17)11-14-18-20(29)22(31)36-23(32)21(18)30/h9-10,12-13,19H,7-8,15H2,1-6H3,(H,33,38)(H,34,37)(H,35,39)/t19-/m0/s1. The number of aromatic nitrogens is 1. The first kappa shape index (κ1) is 32.9. The van der Waals surface area contributed by atoms with Gasteiger partial charge in [0.1, 0.15) is 22.8 Å². The molecule has 13 heteroatoms. The van der Waals surface area contributed by atoms with Gasteiger partial charge in [-0.15, -0.1) is 0 Å². The average molecular weight is 581 g/mol. The second-order valence-corrected chi connectivity index (χ2v) is 10.8.